The first kappa shape index (κ1) is 11.9. The largest absolute Gasteiger partial charge is 0.390 e. The quantitative estimate of drug-likeness (QED) is 0.659. The van der Waals surface area contributed by atoms with Crippen molar-refractivity contribution in [3.05, 3.63) is 0 Å². The maximum Gasteiger partial charge on any atom is 0.116 e. The minimum absolute atomic E-state index is 0.134. The molecule has 0 saturated carbocycles. The third-order valence-corrected chi connectivity index (χ3v) is 2.40. The van der Waals surface area contributed by atoms with Crippen LogP contribution in [0.5, 0.6) is 0 Å². The second-order valence-corrected chi connectivity index (χ2v) is 3.77. The Bertz CT molecular complexity index is 104. The summed E-state index contributed by atoms with van der Waals surface area (Å²) in [6, 6.07) is 0. The fourth-order valence-corrected chi connectivity index (χ4v) is 1.52. The van der Waals surface area contributed by atoms with Crippen LogP contribution in [-0.4, -0.2) is 17.9 Å². The number of hydrogen-bond acceptors (Lipinski definition) is 1. The van der Waals surface area contributed by atoms with Crippen LogP contribution in [0.4, 0.5) is 4.39 Å². The van der Waals surface area contributed by atoms with E-state index in [1.165, 1.54) is 0 Å². The first-order chi connectivity index (χ1) is 5.63. The van der Waals surface area contributed by atoms with Crippen LogP contribution in [0.2, 0.25) is 0 Å². The molecule has 0 aromatic heterocycles. The summed E-state index contributed by atoms with van der Waals surface area (Å²) in [4.78, 5) is 0. The van der Waals surface area contributed by atoms with E-state index in [4.69, 9.17) is 0 Å². The maximum atomic E-state index is 12.2. The van der Waals surface area contributed by atoms with Crippen molar-refractivity contribution in [2.24, 2.45) is 11.8 Å². The highest BCUT2D eigenvalue weighted by molar-refractivity contribution is 4.71. The van der Waals surface area contributed by atoms with Crippen LogP contribution in [-0.2, 0) is 0 Å². The predicted molar refractivity (Wildman–Crippen MR) is 49.8 cm³/mol. The van der Waals surface area contributed by atoms with E-state index in [2.05, 4.69) is 6.92 Å². The zero-order valence-corrected chi connectivity index (χ0v) is 8.39. The predicted octanol–water partition coefficient (Wildman–Crippen LogP) is 2.78. The van der Waals surface area contributed by atoms with Crippen molar-refractivity contribution in [3.63, 3.8) is 0 Å². The highest BCUT2D eigenvalue weighted by Crippen LogP contribution is 2.22. The molecule has 0 aromatic carbocycles. The molecule has 2 atom stereocenters. The molecule has 0 spiro atoms. The number of aliphatic hydroxyl groups is 1. The lowest BCUT2D eigenvalue weighted by atomic mass is 9.86. The molecule has 0 saturated heterocycles. The highest BCUT2D eigenvalue weighted by Gasteiger charge is 2.21. The van der Waals surface area contributed by atoms with Gasteiger partial charge in [0, 0.05) is 0 Å². The van der Waals surface area contributed by atoms with Crippen LogP contribution in [0, 0.1) is 11.8 Å². The Morgan fingerprint density at radius 1 is 1.33 bits per heavy atom. The van der Waals surface area contributed by atoms with E-state index in [-0.39, 0.29) is 5.92 Å². The Morgan fingerprint density at radius 3 is 2.25 bits per heavy atom. The lowest BCUT2D eigenvalue weighted by molar-refractivity contribution is 0.0525. The third-order valence-electron chi connectivity index (χ3n) is 2.40. The third kappa shape index (κ3) is 4.05. The molecule has 0 radical (unpaired) electrons. The summed E-state index contributed by atoms with van der Waals surface area (Å²) in [7, 11) is 0. The average molecular weight is 176 g/mol. The van der Waals surface area contributed by atoms with E-state index in [0.29, 0.717) is 5.92 Å². The summed E-state index contributed by atoms with van der Waals surface area (Å²) in [5, 5.41) is 9.34. The summed E-state index contributed by atoms with van der Waals surface area (Å²) < 4.78 is 12.2. The van der Waals surface area contributed by atoms with Gasteiger partial charge in [0.25, 0.3) is 0 Å². The van der Waals surface area contributed by atoms with Crippen LogP contribution in [0.1, 0.15) is 40.0 Å². The minimum atomic E-state index is -0.753. The van der Waals surface area contributed by atoms with Crippen molar-refractivity contribution in [3.8, 4) is 0 Å². The number of unbranched alkanes of at least 4 members (excludes halogenated alkanes) is 1. The van der Waals surface area contributed by atoms with Crippen LogP contribution < -0.4 is 0 Å². The molecule has 0 aliphatic carbocycles. The van der Waals surface area contributed by atoms with E-state index in [0.717, 1.165) is 19.3 Å². The molecule has 0 bridgehead atoms. The molecular formula is C10H21FO. The summed E-state index contributed by atoms with van der Waals surface area (Å²) in [5.74, 6) is 0.511. The van der Waals surface area contributed by atoms with E-state index < -0.39 is 12.8 Å². The van der Waals surface area contributed by atoms with Gasteiger partial charge in [-0.2, -0.15) is 0 Å². The molecular weight excluding hydrogens is 155 g/mol. The van der Waals surface area contributed by atoms with Gasteiger partial charge in [-0.1, -0.05) is 33.6 Å². The Kier molecular flexibility index (Phi) is 6.35. The Balaban J connectivity index is 3.85. The SMILES string of the molecule is CCCC[C@@H](C(C)C)[C@@H](O)CF. The van der Waals surface area contributed by atoms with Gasteiger partial charge >= 0.3 is 0 Å². The van der Waals surface area contributed by atoms with Crippen molar-refractivity contribution < 1.29 is 9.50 Å². The molecule has 0 heterocycles. The van der Waals surface area contributed by atoms with Gasteiger partial charge in [-0.25, -0.2) is 4.39 Å². The Labute approximate surface area is 75.0 Å². The maximum absolute atomic E-state index is 12.2. The van der Waals surface area contributed by atoms with Crippen LogP contribution in [0.15, 0.2) is 0 Å². The van der Waals surface area contributed by atoms with Crippen molar-refractivity contribution in [2.45, 2.75) is 46.1 Å². The van der Waals surface area contributed by atoms with Gasteiger partial charge in [0.05, 0.1) is 6.10 Å². The zero-order valence-electron chi connectivity index (χ0n) is 8.39. The van der Waals surface area contributed by atoms with Gasteiger partial charge in [-0.15, -0.1) is 0 Å². The molecule has 0 rings (SSSR count). The molecule has 0 aliphatic rings. The number of aliphatic hydroxyl groups excluding tert-OH is 1. The summed E-state index contributed by atoms with van der Waals surface area (Å²) in [5.41, 5.74) is 0. The molecule has 0 fully saturated rings. The van der Waals surface area contributed by atoms with Gasteiger partial charge < -0.3 is 5.11 Å². The van der Waals surface area contributed by atoms with Crippen molar-refractivity contribution in [2.75, 3.05) is 6.67 Å². The van der Waals surface area contributed by atoms with Gasteiger partial charge in [0.1, 0.15) is 6.67 Å². The van der Waals surface area contributed by atoms with Crippen molar-refractivity contribution in [1.29, 1.82) is 0 Å². The summed E-state index contributed by atoms with van der Waals surface area (Å²) in [6.07, 6.45) is 2.39. The molecule has 1 nitrogen and oxygen atoms in total. The first-order valence-corrected chi connectivity index (χ1v) is 4.87. The van der Waals surface area contributed by atoms with E-state index >= 15 is 0 Å². The summed E-state index contributed by atoms with van der Waals surface area (Å²) in [6.45, 7) is 5.59. The second kappa shape index (κ2) is 6.41. The smallest absolute Gasteiger partial charge is 0.116 e. The van der Waals surface area contributed by atoms with Gasteiger partial charge in [-0.3, -0.25) is 0 Å². The fourth-order valence-electron chi connectivity index (χ4n) is 1.52. The molecule has 0 amide bonds. The second-order valence-electron chi connectivity index (χ2n) is 3.77. The van der Waals surface area contributed by atoms with Gasteiger partial charge in [0.15, 0.2) is 0 Å². The number of halogens is 1. The van der Waals surface area contributed by atoms with Crippen LogP contribution >= 0.6 is 0 Å². The number of rotatable bonds is 6. The number of alkyl halides is 1. The molecule has 1 N–H and O–H groups in total. The Hall–Kier alpha value is -0.110. The molecule has 74 valence electrons. The lowest BCUT2D eigenvalue weighted by Gasteiger charge is -2.24. The monoisotopic (exact) mass is 176 g/mol. The molecule has 0 aromatic rings. The standard InChI is InChI=1S/C10H21FO/c1-4-5-6-9(8(2)3)10(12)7-11/h8-10,12H,4-7H2,1-3H3/t9-,10-/m0/s1. The first-order valence-electron chi connectivity index (χ1n) is 4.87. The zero-order chi connectivity index (χ0) is 9.56. The lowest BCUT2D eigenvalue weighted by Crippen LogP contribution is -2.26. The summed E-state index contributed by atoms with van der Waals surface area (Å²) >= 11 is 0. The number of hydrogen-bond donors (Lipinski definition) is 1. The van der Waals surface area contributed by atoms with E-state index in [1.54, 1.807) is 0 Å². The van der Waals surface area contributed by atoms with Crippen molar-refractivity contribution in [1.82, 2.24) is 0 Å². The fraction of sp³-hybridized carbons (Fsp3) is 1.00. The Morgan fingerprint density at radius 2 is 1.92 bits per heavy atom. The van der Waals surface area contributed by atoms with Crippen molar-refractivity contribution >= 4 is 0 Å². The van der Waals surface area contributed by atoms with Gasteiger partial charge in [-0.05, 0) is 18.3 Å². The topological polar surface area (TPSA) is 20.2 Å². The van der Waals surface area contributed by atoms with Gasteiger partial charge in [0.2, 0.25) is 0 Å². The average Bonchev–Trinajstić information content (AvgIpc) is 2.04. The van der Waals surface area contributed by atoms with Crippen LogP contribution in [0.25, 0.3) is 0 Å². The molecule has 0 aliphatic heterocycles. The molecule has 0 unspecified atom stereocenters. The normalized spacial score (nSPS) is 16.5. The van der Waals surface area contributed by atoms with E-state index in [9.17, 15) is 9.50 Å². The minimum Gasteiger partial charge on any atom is -0.390 e. The van der Waals surface area contributed by atoms with Crippen LogP contribution in [0.3, 0.4) is 0 Å². The molecule has 2 heteroatoms. The molecule has 12 heavy (non-hydrogen) atoms. The highest BCUT2D eigenvalue weighted by atomic mass is 19.1. The van der Waals surface area contributed by atoms with E-state index in [1.807, 2.05) is 13.8 Å².